The van der Waals surface area contributed by atoms with Gasteiger partial charge in [0.25, 0.3) is 0 Å². The second-order valence-corrected chi connectivity index (χ2v) is 6.82. The second-order valence-electron chi connectivity index (χ2n) is 6.82. The standard InChI is InChI=1S/C19H28N2O3/c22-14-15-9-11-21(13-15)19(23)20-10-4-12-24-18-8-3-6-16-5-1-2-7-17(16)18/h1-2,5,7,15,18,22H,3-4,6,8-14H2,(H,20,23). The Hall–Kier alpha value is -1.59. The first-order valence-corrected chi connectivity index (χ1v) is 9.11. The summed E-state index contributed by atoms with van der Waals surface area (Å²) in [6, 6.07) is 8.52. The van der Waals surface area contributed by atoms with E-state index in [0.717, 1.165) is 32.2 Å². The Kier molecular flexibility index (Phi) is 6.10. The van der Waals surface area contributed by atoms with E-state index in [-0.39, 0.29) is 24.7 Å². The molecule has 0 saturated carbocycles. The zero-order chi connectivity index (χ0) is 16.8. The Morgan fingerprint density at radius 3 is 3.04 bits per heavy atom. The van der Waals surface area contributed by atoms with Crippen LogP contribution in [0.1, 0.15) is 42.9 Å². The number of amides is 2. The van der Waals surface area contributed by atoms with E-state index < -0.39 is 0 Å². The van der Waals surface area contributed by atoms with Crippen molar-refractivity contribution in [2.24, 2.45) is 5.92 Å². The zero-order valence-electron chi connectivity index (χ0n) is 14.2. The maximum atomic E-state index is 12.0. The Labute approximate surface area is 144 Å². The monoisotopic (exact) mass is 332 g/mol. The highest BCUT2D eigenvalue weighted by Gasteiger charge is 2.25. The van der Waals surface area contributed by atoms with Crippen LogP contribution in [0, 0.1) is 5.92 Å². The lowest BCUT2D eigenvalue weighted by molar-refractivity contribution is 0.0395. The summed E-state index contributed by atoms with van der Waals surface area (Å²) in [6.45, 7) is 2.87. The van der Waals surface area contributed by atoms with Crippen molar-refractivity contribution in [2.45, 2.75) is 38.2 Å². The minimum atomic E-state index is -0.0195. The molecule has 2 amide bonds. The highest BCUT2D eigenvalue weighted by atomic mass is 16.5. The highest BCUT2D eigenvalue weighted by molar-refractivity contribution is 5.74. The van der Waals surface area contributed by atoms with E-state index in [2.05, 4.69) is 29.6 Å². The van der Waals surface area contributed by atoms with Gasteiger partial charge >= 0.3 is 6.03 Å². The average molecular weight is 332 g/mol. The van der Waals surface area contributed by atoms with Crippen molar-refractivity contribution in [3.63, 3.8) is 0 Å². The van der Waals surface area contributed by atoms with Crippen molar-refractivity contribution in [3.05, 3.63) is 35.4 Å². The molecule has 2 atom stereocenters. The summed E-state index contributed by atoms with van der Waals surface area (Å²) in [4.78, 5) is 13.8. The average Bonchev–Trinajstić information content (AvgIpc) is 3.11. The van der Waals surface area contributed by atoms with Gasteiger partial charge in [0.2, 0.25) is 0 Å². The van der Waals surface area contributed by atoms with Gasteiger partial charge in [-0.2, -0.15) is 0 Å². The number of likely N-dealkylation sites (tertiary alicyclic amines) is 1. The number of aryl methyl sites for hydroxylation is 1. The molecule has 1 saturated heterocycles. The second kappa shape index (κ2) is 8.49. The number of carbonyl (C=O) groups is 1. The van der Waals surface area contributed by atoms with Crippen LogP contribution in [-0.2, 0) is 11.2 Å². The number of hydrogen-bond donors (Lipinski definition) is 2. The van der Waals surface area contributed by atoms with Crippen LogP contribution in [0.2, 0.25) is 0 Å². The van der Waals surface area contributed by atoms with Crippen molar-refractivity contribution in [1.82, 2.24) is 10.2 Å². The molecule has 1 aromatic carbocycles. The van der Waals surface area contributed by atoms with Gasteiger partial charge in [0, 0.05) is 38.8 Å². The molecule has 2 aliphatic rings. The minimum absolute atomic E-state index is 0.0195. The SMILES string of the molecule is O=C(NCCCOC1CCCc2ccccc21)N1CCC(CO)C1. The van der Waals surface area contributed by atoms with E-state index in [1.807, 2.05) is 0 Å². The third-order valence-corrected chi connectivity index (χ3v) is 5.06. The topological polar surface area (TPSA) is 61.8 Å². The maximum absolute atomic E-state index is 12.0. The molecule has 2 unspecified atom stereocenters. The fourth-order valence-corrected chi connectivity index (χ4v) is 3.65. The van der Waals surface area contributed by atoms with Gasteiger partial charge in [0.05, 0.1) is 6.10 Å². The molecule has 5 nitrogen and oxygen atoms in total. The smallest absolute Gasteiger partial charge is 0.317 e. The number of nitrogens with zero attached hydrogens (tertiary/aromatic N) is 1. The molecular weight excluding hydrogens is 304 g/mol. The fraction of sp³-hybridized carbons (Fsp3) is 0.632. The van der Waals surface area contributed by atoms with E-state index in [1.54, 1.807) is 4.90 Å². The summed E-state index contributed by atoms with van der Waals surface area (Å²) in [5, 5.41) is 12.1. The van der Waals surface area contributed by atoms with Gasteiger partial charge in [-0.3, -0.25) is 0 Å². The lowest BCUT2D eigenvalue weighted by atomic mass is 9.89. The van der Waals surface area contributed by atoms with Crippen LogP contribution in [0.3, 0.4) is 0 Å². The summed E-state index contributed by atoms with van der Waals surface area (Å²) in [5.41, 5.74) is 2.74. The fourth-order valence-electron chi connectivity index (χ4n) is 3.65. The first-order chi connectivity index (χ1) is 11.8. The number of hydrogen-bond acceptors (Lipinski definition) is 3. The Bertz CT molecular complexity index is 549. The van der Waals surface area contributed by atoms with Crippen molar-refractivity contribution in [2.75, 3.05) is 32.8 Å². The first kappa shape index (κ1) is 17.2. The van der Waals surface area contributed by atoms with Crippen LogP contribution in [0.5, 0.6) is 0 Å². The number of benzene rings is 1. The van der Waals surface area contributed by atoms with Crippen LogP contribution < -0.4 is 5.32 Å². The van der Waals surface area contributed by atoms with Gasteiger partial charge in [0.1, 0.15) is 0 Å². The van der Waals surface area contributed by atoms with E-state index in [0.29, 0.717) is 19.7 Å². The third-order valence-electron chi connectivity index (χ3n) is 5.06. The molecule has 0 radical (unpaired) electrons. The van der Waals surface area contributed by atoms with Crippen LogP contribution in [-0.4, -0.2) is 48.9 Å². The van der Waals surface area contributed by atoms with Gasteiger partial charge in [0.15, 0.2) is 0 Å². The highest BCUT2D eigenvalue weighted by Crippen LogP contribution is 2.32. The van der Waals surface area contributed by atoms with Crippen LogP contribution >= 0.6 is 0 Å². The molecule has 5 heteroatoms. The predicted octanol–water partition coefficient (Wildman–Crippen LogP) is 2.49. The molecule has 2 N–H and O–H groups in total. The normalized spacial score (nSPS) is 23.1. The van der Waals surface area contributed by atoms with E-state index >= 15 is 0 Å². The molecular formula is C19H28N2O3. The van der Waals surface area contributed by atoms with E-state index in [9.17, 15) is 4.79 Å². The van der Waals surface area contributed by atoms with Gasteiger partial charge in [-0.15, -0.1) is 0 Å². The summed E-state index contributed by atoms with van der Waals surface area (Å²) in [6.07, 6.45) is 5.33. The quantitative estimate of drug-likeness (QED) is 0.787. The summed E-state index contributed by atoms with van der Waals surface area (Å²) >= 11 is 0. The van der Waals surface area contributed by atoms with Crippen LogP contribution in [0.4, 0.5) is 4.79 Å². The number of ether oxygens (including phenoxy) is 1. The molecule has 132 valence electrons. The number of nitrogens with one attached hydrogen (secondary N) is 1. The molecule has 0 aromatic heterocycles. The zero-order valence-corrected chi connectivity index (χ0v) is 14.2. The number of urea groups is 1. The molecule has 1 fully saturated rings. The Morgan fingerprint density at radius 2 is 2.21 bits per heavy atom. The van der Waals surface area contributed by atoms with Gasteiger partial charge in [-0.05, 0) is 43.2 Å². The van der Waals surface area contributed by atoms with Crippen molar-refractivity contribution in [3.8, 4) is 0 Å². The number of aliphatic hydroxyl groups excluding tert-OH is 1. The lowest BCUT2D eigenvalue weighted by Crippen LogP contribution is -2.39. The molecule has 24 heavy (non-hydrogen) atoms. The molecule has 0 spiro atoms. The van der Waals surface area contributed by atoms with Crippen molar-refractivity contribution in [1.29, 1.82) is 0 Å². The molecule has 1 aliphatic heterocycles. The van der Waals surface area contributed by atoms with Crippen molar-refractivity contribution >= 4 is 6.03 Å². The molecule has 3 rings (SSSR count). The minimum Gasteiger partial charge on any atom is -0.396 e. The molecule has 1 heterocycles. The lowest BCUT2D eigenvalue weighted by Gasteiger charge is -2.25. The molecule has 1 aromatic rings. The maximum Gasteiger partial charge on any atom is 0.317 e. The summed E-state index contributed by atoms with van der Waals surface area (Å²) < 4.78 is 6.05. The van der Waals surface area contributed by atoms with Crippen molar-refractivity contribution < 1.29 is 14.6 Å². The molecule has 0 bridgehead atoms. The predicted molar refractivity (Wildman–Crippen MR) is 92.9 cm³/mol. The van der Waals surface area contributed by atoms with Crippen LogP contribution in [0.25, 0.3) is 0 Å². The Morgan fingerprint density at radius 1 is 1.33 bits per heavy atom. The molecule has 1 aliphatic carbocycles. The Balaban J connectivity index is 1.34. The largest absolute Gasteiger partial charge is 0.396 e. The van der Waals surface area contributed by atoms with Gasteiger partial charge < -0.3 is 20.1 Å². The van der Waals surface area contributed by atoms with E-state index in [1.165, 1.54) is 17.5 Å². The third kappa shape index (κ3) is 4.28. The number of fused-ring (bicyclic) bond motifs is 1. The number of rotatable bonds is 6. The number of carbonyl (C=O) groups excluding carboxylic acids is 1. The van der Waals surface area contributed by atoms with Gasteiger partial charge in [-0.1, -0.05) is 24.3 Å². The first-order valence-electron chi connectivity index (χ1n) is 9.11. The number of aliphatic hydroxyl groups is 1. The summed E-state index contributed by atoms with van der Waals surface area (Å²) in [5.74, 6) is 0.241. The van der Waals surface area contributed by atoms with Gasteiger partial charge in [-0.25, -0.2) is 4.79 Å². The summed E-state index contributed by atoms with van der Waals surface area (Å²) in [7, 11) is 0. The van der Waals surface area contributed by atoms with Crippen LogP contribution in [0.15, 0.2) is 24.3 Å². The van der Waals surface area contributed by atoms with E-state index in [4.69, 9.17) is 9.84 Å².